The van der Waals surface area contributed by atoms with Crippen LogP contribution in [-0.2, 0) is 17.8 Å². The number of benzene rings is 1. The first kappa shape index (κ1) is 20.8. The average molecular weight is 402 g/mol. The van der Waals surface area contributed by atoms with Crippen LogP contribution in [0.1, 0.15) is 50.0 Å². The summed E-state index contributed by atoms with van der Waals surface area (Å²) in [5.41, 5.74) is 3.04. The van der Waals surface area contributed by atoms with Gasteiger partial charge in [0.25, 0.3) is 0 Å². The number of hydrogen-bond donors (Lipinski definition) is 1. The van der Waals surface area contributed by atoms with Gasteiger partial charge in [-0.15, -0.1) is 11.3 Å². The largest absolute Gasteiger partial charge is 0.489 e. The number of aromatic nitrogens is 1. The SMILES string of the molecule is CCCCC1CN(CCC(=O)NC(C)Cc2cncs2)Cc2ccccc2O1. The molecule has 1 aliphatic rings. The van der Waals surface area contributed by atoms with Crippen molar-refractivity contribution in [2.45, 2.75) is 64.6 Å². The number of carbonyl (C=O) groups is 1. The number of para-hydroxylation sites is 1. The number of unbranched alkanes of at least 4 members (excludes halogenated alkanes) is 1. The van der Waals surface area contributed by atoms with Crippen LogP contribution < -0.4 is 10.1 Å². The van der Waals surface area contributed by atoms with Crippen molar-refractivity contribution >= 4 is 17.2 Å². The predicted molar refractivity (Wildman–Crippen MR) is 114 cm³/mol. The van der Waals surface area contributed by atoms with E-state index in [-0.39, 0.29) is 18.1 Å². The van der Waals surface area contributed by atoms with Crippen molar-refractivity contribution in [3.63, 3.8) is 0 Å². The molecule has 1 aromatic carbocycles. The van der Waals surface area contributed by atoms with E-state index in [1.165, 1.54) is 16.9 Å². The molecule has 0 saturated heterocycles. The standard InChI is InChI=1S/C22H31N3O2S/c1-3-4-8-19-15-25(14-18-7-5-6-9-21(18)27-19)11-10-22(26)24-17(2)12-20-13-23-16-28-20/h5-7,9,13,16-17,19H,3-4,8,10-12,14-15H2,1-2H3,(H,24,26). The molecular formula is C22H31N3O2S. The van der Waals surface area contributed by atoms with Gasteiger partial charge < -0.3 is 10.1 Å². The van der Waals surface area contributed by atoms with E-state index in [4.69, 9.17) is 4.74 Å². The second-order valence-electron chi connectivity index (χ2n) is 7.62. The van der Waals surface area contributed by atoms with E-state index in [0.29, 0.717) is 6.42 Å². The second-order valence-corrected chi connectivity index (χ2v) is 8.59. The number of nitrogens with zero attached hydrogens (tertiary/aromatic N) is 2. The molecule has 0 radical (unpaired) electrons. The lowest BCUT2D eigenvalue weighted by molar-refractivity contribution is -0.122. The quantitative estimate of drug-likeness (QED) is 0.689. The Labute approximate surface area is 172 Å². The van der Waals surface area contributed by atoms with Crippen LogP contribution in [0.15, 0.2) is 36.0 Å². The Morgan fingerprint density at radius 2 is 2.29 bits per heavy atom. The molecule has 5 nitrogen and oxygen atoms in total. The summed E-state index contributed by atoms with van der Waals surface area (Å²) >= 11 is 1.63. The van der Waals surface area contributed by atoms with Crippen LogP contribution in [0.5, 0.6) is 5.75 Å². The topological polar surface area (TPSA) is 54.5 Å². The van der Waals surface area contributed by atoms with Crippen LogP contribution in [0.25, 0.3) is 0 Å². The summed E-state index contributed by atoms with van der Waals surface area (Å²) < 4.78 is 6.27. The van der Waals surface area contributed by atoms with Gasteiger partial charge in [0.2, 0.25) is 5.91 Å². The van der Waals surface area contributed by atoms with Crippen molar-refractivity contribution in [3.8, 4) is 5.75 Å². The van der Waals surface area contributed by atoms with Gasteiger partial charge in [-0.1, -0.05) is 31.5 Å². The number of thiazole rings is 1. The first-order chi connectivity index (χ1) is 13.6. The molecule has 1 aliphatic heterocycles. The molecule has 0 spiro atoms. The van der Waals surface area contributed by atoms with Gasteiger partial charge in [-0.05, 0) is 25.8 Å². The van der Waals surface area contributed by atoms with E-state index < -0.39 is 0 Å². The summed E-state index contributed by atoms with van der Waals surface area (Å²) in [6, 6.07) is 8.40. The summed E-state index contributed by atoms with van der Waals surface area (Å²) in [7, 11) is 0. The van der Waals surface area contributed by atoms with Crippen molar-refractivity contribution in [2.24, 2.45) is 0 Å². The Kier molecular flexibility index (Phi) is 7.86. The molecule has 1 amide bonds. The zero-order valence-electron chi connectivity index (χ0n) is 16.9. The van der Waals surface area contributed by atoms with Crippen molar-refractivity contribution in [2.75, 3.05) is 13.1 Å². The molecule has 152 valence electrons. The summed E-state index contributed by atoms with van der Waals surface area (Å²) in [5.74, 6) is 1.11. The number of amides is 1. The molecule has 2 aromatic rings. The lowest BCUT2D eigenvalue weighted by Gasteiger charge is -2.24. The van der Waals surface area contributed by atoms with E-state index in [1.54, 1.807) is 11.3 Å². The van der Waals surface area contributed by atoms with E-state index in [1.807, 2.05) is 17.8 Å². The minimum atomic E-state index is 0.112. The van der Waals surface area contributed by atoms with Crippen LogP contribution in [0.4, 0.5) is 0 Å². The normalized spacial score (nSPS) is 18.0. The zero-order chi connectivity index (χ0) is 19.8. The summed E-state index contributed by atoms with van der Waals surface area (Å²) in [5, 5.41) is 3.12. The smallest absolute Gasteiger partial charge is 0.221 e. The first-order valence-electron chi connectivity index (χ1n) is 10.3. The van der Waals surface area contributed by atoms with Gasteiger partial charge in [0, 0.05) is 55.2 Å². The van der Waals surface area contributed by atoms with E-state index in [9.17, 15) is 4.79 Å². The van der Waals surface area contributed by atoms with E-state index in [2.05, 4.69) is 47.2 Å². The number of rotatable bonds is 9. The number of nitrogens with one attached hydrogen (secondary N) is 1. The minimum Gasteiger partial charge on any atom is -0.489 e. The highest BCUT2D eigenvalue weighted by molar-refractivity contribution is 7.09. The molecule has 0 aliphatic carbocycles. The molecule has 1 aromatic heterocycles. The van der Waals surface area contributed by atoms with Crippen LogP contribution in [0.3, 0.4) is 0 Å². The van der Waals surface area contributed by atoms with Gasteiger partial charge in [0.1, 0.15) is 11.9 Å². The van der Waals surface area contributed by atoms with Gasteiger partial charge >= 0.3 is 0 Å². The third kappa shape index (κ3) is 6.31. The first-order valence-corrected chi connectivity index (χ1v) is 11.2. The van der Waals surface area contributed by atoms with Gasteiger partial charge in [0.15, 0.2) is 0 Å². The molecule has 0 fully saturated rings. The highest BCUT2D eigenvalue weighted by atomic mass is 32.1. The van der Waals surface area contributed by atoms with Crippen molar-refractivity contribution in [3.05, 3.63) is 46.4 Å². The summed E-state index contributed by atoms with van der Waals surface area (Å²) in [6.45, 7) is 6.72. The highest BCUT2D eigenvalue weighted by Crippen LogP contribution is 2.26. The number of fused-ring (bicyclic) bond motifs is 1. The number of ether oxygens (including phenoxy) is 1. The summed E-state index contributed by atoms with van der Waals surface area (Å²) in [6.07, 6.45) is 6.79. The molecule has 28 heavy (non-hydrogen) atoms. The summed E-state index contributed by atoms with van der Waals surface area (Å²) in [4.78, 5) is 20.1. The second kappa shape index (κ2) is 10.6. The fraction of sp³-hybridized carbons (Fsp3) is 0.545. The molecule has 2 heterocycles. The fourth-order valence-electron chi connectivity index (χ4n) is 3.61. The van der Waals surface area contributed by atoms with Gasteiger partial charge in [0.05, 0.1) is 5.51 Å². The fourth-order valence-corrected chi connectivity index (χ4v) is 4.34. The third-order valence-electron chi connectivity index (χ3n) is 5.05. The molecule has 3 rings (SSSR count). The maximum atomic E-state index is 12.4. The number of hydrogen-bond acceptors (Lipinski definition) is 5. The monoisotopic (exact) mass is 401 g/mol. The van der Waals surface area contributed by atoms with Crippen molar-refractivity contribution in [1.82, 2.24) is 15.2 Å². The van der Waals surface area contributed by atoms with Gasteiger partial charge in [-0.25, -0.2) is 0 Å². The molecular weight excluding hydrogens is 370 g/mol. The molecule has 2 atom stereocenters. The maximum absolute atomic E-state index is 12.4. The highest BCUT2D eigenvalue weighted by Gasteiger charge is 2.23. The molecule has 0 bridgehead atoms. The van der Waals surface area contributed by atoms with Gasteiger partial charge in [-0.2, -0.15) is 0 Å². The molecule has 2 unspecified atom stereocenters. The van der Waals surface area contributed by atoms with E-state index >= 15 is 0 Å². The Bertz CT molecular complexity index is 735. The Hall–Kier alpha value is -1.92. The van der Waals surface area contributed by atoms with Crippen molar-refractivity contribution < 1.29 is 9.53 Å². The third-order valence-corrected chi connectivity index (χ3v) is 5.86. The molecule has 1 N–H and O–H groups in total. The van der Waals surface area contributed by atoms with Crippen molar-refractivity contribution in [1.29, 1.82) is 0 Å². The van der Waals surface area contributed by atoms with Crippen LogP contribution in [-0.4, -0.2) is 41.0 Å². The Morgan fingerprint density at radius 1 is 1.43 bits per heavy atom. The van der Waals surface area contributed by atoms with Gasteiger partial charge in [-0.3, -0.25) is 14.7 Å². The average Bonchev–Trinajstić information content (AvgIpc) is 3.10. The lowest BCUT2D eigenvalue weighted by Crippen LogP contribution is -2.38. The number of carbonyl (C=O) groups excluding carboxylic acids is 1. The molecule has 0 saturated carbocycles. The lowest BCUT2D eigenvalue weighted by atomic mass is 10.1. The molecule has 6 heteroatoms. The Balaban J connectivity index is 1.52. The van der Waals surface area contributed by atoms with Crippen LogP contribution in [0.2, 0.25) is 0 Å². The Morgan fingerprint density at radius 3 is 3.07 bits per heavy atom. The zero-order valence-corrected chi connectivity index (χ0v) is 17.7. The van der Waals surface area contributed by atoms with Crippen LogP contribution in [0, 0.1) is 0 Å². The maximum Gasteiger partial charge on any atom is 0.221 e. The van der Waals surface area contributed by atoms with E-state index in [0.717, 1.165) is 44.6 Å². The van der Waals surface area contributed by atoms with Crippen LogP contribution >= 0.6 is 11.3 Å². The predicted octanol–water partition coefficient (Wildman–Crippen LogP) is 4.03. The minimum absolute atomic E-state index is 0.112.